The highest BCUT2D eigenvalue weighted by Crippen LogP contribution is 2.38. The Morgan fingerprint density at radius 3 is 2.94 bits per heavy atom. The average molecular weight is 250 g/mol. The summed E-state index contributed by atoms with van der Waals surface area (Å²) in [6.45, 7) is 4.55. The van der Waals surface area contributed by atoms with Crippen molar-refractivity contribution in [3.05, 3.63) is 18.2 Å². The van der Waals surface area contributed by atoms with Gasteiger partial charge in [0, 0.05) is 25.9 Å². The van der Waals surface area contributed by atoms with Crippen molar-refractivity contribution < 1.29 is 5.11 Å². The van der Waals surface area contributed by atoms with E-state index in [4.69, 9.17) is 0 Å². The van der Waals surface area contributed by atoms with Crippen LogP contribution in [0, 0.1) is 11.8 Å². The molecule has 0 bridgehead atoms. The van der Waals surface area contributed by atoms with Crippen molar-refractivity contribution in [2.75, 3.05) is 0 Å². The number of aliphatic hydroxyl groups is 1. The zero-order chi connectivity index (χ0) is 13.2. The van der Waals surface area contributed by atoms with Crippen molar-refractivity contribution in [1.82, 2.24) is 9.55 Å². The molecule has 3 nitrogen and oxygen atoms in total. The van der Waals surface area contributed by atoms with E-state index in [-0.39, 0.29) is 0 Å². The highest BCUT2D eigenvalue weighted by molar-refractivity contribution is 4.95. The first-order chi connectivity index (χ1) is 8.50. The molecule has 0 amide bonds. The summed E-state index contributed by atoms with van der Waals surface area (Å²) >= 11 is 0. The molecule has 18 heavy (non-hydrogen) atoms. The predicted molar refractivity (Wildman–Crippen MR) is 73.3 cm³/mol. The standard InChI is InChI=1S/C15H26N2O/c1-12(2)13-5-4-7-15(18,11-13)8-6-14-16-9-10-17(14)3/h9-10,12-13,18H,4-8,11H2,1-3H3. The maximum atomic E-state index is 10.7. The van der Waals surface area contributed by atoms with E-state index in [1.807, 2.05) is 24.0 Å². The van der Waals surface area contributed by atoms with Crippen molar-refractivity contribution in [2.45, 2.75) is 58.0 Å². The third kappa shape index (κ3) is 3.14. The molecule has 0 saturated heterocycles. The Balaban J connectivity index is 1.93. The second-order valence-corrected chi connectivity index (χ2v) is 6.28. The molecular weight excluding hydrogens is 224 g/mol. The van der Waals surface area contributed by atoms with Crippen molar-refractivity contribution in [3.8, 4) is 0 Å². The number of nitrogens with zero attached hydrogens (tertiary/aromatic N) is 2. The summed E-state index contributed by atoms with van der Waals surface area (Å²) in [7, 11) is 2.02. The molecule has 3 heteroatoms. The number of imidazole rings is 1. The van der Waals surface area contributed by atoms with E-state index < -0.39 is 5.60 Å². The summed E-state index contributed by atoms with van der Waals surface area (Å²) < 4.78 is 2.05. The van der Waals surface area contributed by atoms with E-state index in [1.165, 1.54) is 12.8 Å². The summed E-state index contributed by atoms with van der Waals surface area (Å²) in [5, 5.41) is 10.7. The van der Waals surface area contributed by atoms with Gasteiger partial charge >= 0.3 is 0 Å². The van der Waals surface area contributed by atoms with Gasteiger partial charge in [-0.05, 0) is 37.5 Å². The Morgan fingerprint density at radius 2 is 2.33 bits per heavy atom. The lowest BCUT2D eigenvalue weighted by Gasteiger charge is -2.38. The Kier molecular flexibility index (Phi) is 4.10. The third-order valence-corrected chi connectivity index (χ3v) is 4.54. The number of rotatable bonds is 4. The van der Waals surface area contributed by atoms with Crippen molar-refractivity contribution >= 4 is 0 Å². The van der Waals surface area contributed by atoms with Crippen LogP contribution in [0.1, 0.15) is 51.8 Å². The largest absolute Gasteiger partial charge is 0.390 e. The Labute approximate surface area is 110 Å². The summed E-state index contributed by atoms with van der Waals surface area (Å²) in [5.41, 5.74) is -0.459. The van der Waals surface area contributed by atoms with Crippen LogP contribution in [-0.2, 0) is 13.5 Å². The molecule has 0 radical (unpaired) electrons. The number of hydrogen-bond acceptors (Lipinski definition) is 2. The van der Waals surface area contributed by atoms with Gasteiger partial charge in [-0.25, -0.2) is 4.98 Å². The first-order valence-corrected chi connectivity index (χ1v) is 7.19. The minimum absolute atomic E-state index is 0.459. The molecule has 2 rings (SSSR count). The predicted octanol–water partition coefficient (Wildman–Crippen LogP) is 2.93. The molecule has 2 atom stereocenters. The molecule has 1 N–H and O–H groups in total. The Bertz CT molecular complexity index is 386. The number of hydrogen-bond donors (Lipinski definition) is 1. The van der Waals surface area contributed by atoms with Crippen molar-refractivity contribution in [2.24, 2.45) is 18.9 Å². The molecule has 1 aromatic heterocycles. The van der Waals surface area contributed by atoms with E-state index in [2.05, 4.69) is 18.8 Å². The van der Waals surface area contributed by atoms with E-state index in [0.717, 1.165) is 31.5 Å². The van der Waals surface area contributed by atoms with Crippen LogP contribution in [-0.4, -0.2) is 20.3 Å². The molecule has 1 aliphatic carbocycles. The smallest absolute Gasteiger partial charge is 0.108 e. The maximum absolute atomic E-state index is 10.7. The third-order valence-electron chi connectivity index (χ3n) is 4.54. The van der Waals surface area contributed by atoms with Gasteiger partial charge in [-0.1, -0.05) is 20.3 Å². The van der Waals surface area contributed by atoms with Gasteiger partial charge in [0.05, 0.1) is 5.60 Å². The van der Waals surface area contributed by atoms with Gasteiger partial charge in [-0.2, -0.15) is 0 Å². The van der Waals surface area contributed by atoms with E-state index in [9.17, 15) is 5.11 Å². The van der Waals surface area contributed by atoms with E-state index >= 15 is 0 Å². The van der Waals surface area contributed by atoms with Gasteiger partial charge in [0.25, 0.3) is 0 Å². The van der Waals surface area contributed by atoms with Gasteiger partial charge in [0.1, 0.15) is 5.82 Å². The van der Waals surface area contributed by atoms with Crippen molar-refractivity contribution in [1.29, 1.82) is 0 Å². The Hall–Kier alpha value is -0.830. The SMILES string of the molecule is CC(C)C1CCCC(O)(CCc2nccn2C)C1. The van der Waals surface area contributed by atoms with Crippen LogP contribution in [0.15, 0.2) is 12.4 Å². The van der Waals surface area contributed by atoms with Crippen LogP contribution in [0.25, 0.3) is 0 Å². The van der Waals surface area contributed by atoms with Gasteiger partial charge in [-0.3, -0.25) is 0 Å². The molecule has 1 fully saturated rings. The lowest BCUT2D eigenvalue weighted by Crippen LogP contribution is -2.37. The van der Waals surface area contributed by atoms with Crippen LogP contribution in [0.2, 0.25) is 0 Å². The Morgan fingerprint density at radius 1 is 1.56 bits per heavy atom. The lowest BCUT2D eigenvalue weighted by atomic mass is 9.72. The second-order valence-electron chi connectivity index (χ2n) is 6.28. The normalized spacial score (nSPS) is 28.8. The summed E-state index contributed by atoms with van der Waals surface area (Å²) in [6, 6.07) is 0. The molecule has 102 valence electrons. The maximum Gasteiger partial charge on any atom is 0.108 e. The zero-order valence-corrected chi connectivity index (χ0v) is 11.9. The quantitative estimate of drug-likeness (QED) is 0.892. The fourth-order valence-electron chi connectivity index (χ4n) is 3.16. The molecule has 0 aromatic carbocycles. The summed E-state index contributed by atoms with van der Waals surface area (Å²) in [4.78, 5) is 4.34. The molecule has 1 heterocycles. The van der Waals surface area contributed by atoms with Crippen LogP contribution >= 0.6 is 0 Å². The zero-order valence-electron chi connectivity index (χ0n) is 11.9. The molecule has 1 aliphatic rings. The van der Waals surface area contributed by atoms with Crippen LogP contribution in [0.3, 0.4) is 0 Å². The van der Waals surface area contributed by atoms with Gasteiger partial charge in [-0.15, -0.1) is 0 Å². The summed E-state index contributed by atoms with van der Waals surface area (Å²) in [6.07, 6.45) is 9.90. The van der Waals surface area contributed by atoms with Gasteiger partial charge in [0.15, 0.2) is 0 Å². The second kappa shape index (κ2) is 5.43. The van der Waals surface area contributed by atoms with Gasteiger partial charge in [0.2, 0.25) is 0 Å². The molecule has 0 spiro atoms. The van der Waals surface area contributed by atoms with E-state index in [0.29, 0.717) is 11.8 Å². The topological polar surface area (TPSA) is 38.1 Å². The first-order valence-electron chi connectivity index (χ1n) is 7.19. The molecule has 1 saturated carbocycles. The van der Waals surface area contributed by atoms with Crippen LogP contribution < -0.4 is 0 Å². The number of aromatic nitrogens is 2. The molecule has 1 aromatic rings. The van der Waals surface area contributed by atoms with E-state index in [1.54, 1.807) is 0 Å². The highest BCUT2D eigenvalue weighted by atomic mass is 16.3. The van der Waals surface area contributed by atoms with Crippen molar-refractivity contribution in [3.63, 3.8) is 0 Å². The fourth-order valence-corrected chi connectivity index (χ4v) is 3.16. The minimum atomic E-state index is -0.459. The van der Waals surface area contributed by atoms with Crippen LogP contribution in [0.5, 0.6) is 0 Å². The first kappa shape index (κ1) is 13.6. The average Bonchev–Trinajstić information content (AvgIpc) is 2.72. The molecular formula is C15H26N2O. The number of aryl methyl sites for hydroxylation is 2. The summed E-state index contributed by atoms with van der Waals surface area (Å²) in [5.74, 6) is 2.45. The molecule has 2 unspecified atom stereocenters. The van der Waals surface area contributed by atoms with Crippen LogP contribution in [0.4, 0.5) is 0 Å². The fraction of sp³-hybridized carbons (Fsp3) is 0.800. The highest BCUT2D eigenvalue weighted by Gasteiger charge is 2.35. The van der Waals surface area contributed by atoms with Gasteiger partial charge < -0.3 is 9.67 Å². The minimum Gasteiger partial charge on any atom is -0.390 e. The monoisotopic (exact) mass is 250 g/mol. The lowest BCUT2D eigenvalue weighted by molar-refractivity contribution is -0.0312. The molecule has 0 aliphatic heterocycles.